The van der Waals surface area contributed by atoms with Crippen LogP contribution in [0.3, 0.4) is 0 Å². The Hall–Kier alpha value is -3.68. The highest BCUT2D eigenvalue weighted by molar-refractivity contribution is 5.93. The van der Waals surface area contributed by atoms with Gasteiger partial charge in [0.2, 0.25) is 11.7 Å². The van der Waals surface area contributed by atoms with Crippen LogP contribution in [0.4, 0.5) is 5.69 Å². The molecule has 0 aliphatic carbocycles. The van der Waals surface area contributed by atoms with E-state index < -0.39 is 5.97 Å². The molecule has 166 valence electrons. The van der Waals surface area contributed by atoms with Crippen molar-refractivity contribution in [3.63, 3.8) is 0 Å². The number of carbonyl (C=O) groups is 2. The van der Waals surface area contributed by atoms with Crippen molar-refractivity contribution in [1.82, 2.24) is 0 Å². The fourth-order valence-electron chi connectivity index (χ4n) is 2.82. The summed E-state index contributed by atoms with van der Waals surface area (Å²) < 4.78 is 26.2. The summed E-state index contributed by atoms with van der Waals surface area (Å²) in [4.78, 5) is 23.0. The van der Waals surface area contributed by atoms with Crippen LogP contribution in [0.5, 0.6) is 23.0 Å². The third-order valence-electron chi connectivity index (χ3n) is 4.29. The molecule has 0 saturated carbocycles. The molecule has 0 unspecified atom stereocenters. The molecule has 0 saturated heterocycles. The van der Waals surface area contributed by atoms with Gasteiger partial charge in [0, 0.05) is 6.92 Å². The van der Waals surface area contributed by atoms with Crippen LogP contribution in [-0.4, -0.2) is 46.9 Å². The first-order valence-electron chi connectivity index (χ1n) is 9.51. The maximum atomic E-state index is 12.1. The highest BCUT2D eigenvalue weighted by Crippen LogP contribution is 2.38. The second-order valence-corrected chi connectivity index (χ2v) is 6.39. The number of benzene rings is 2. The number of carbonyl (C=O) groups excluding carboxylic acids is 2. The number of esters is 1. The molecule has 0 aliphatic heterocycles. The zero-order chi connectivity index (χ0) is 22.8. The first-order chi connectivity index (χ1) is 14.9. The van der Waals surface area contributed by atoms with Crippen molar-refractivity contribution in [2.45, 2.75) is 13.3 Å². The molecular formula is C23H27NO7. The van der Waals surface area contributed by atoms with E-state index in [2.05, 4.69) is 5.32 Å². The molecule has 1 amide bonds. The Kier molecular flexibility index (Phi) is 8.75. The van der Waals surface area contributed by atoms with Gasteiger partial charge in [0.25, 0.3) is 0 Å². The number of rotatable bonds is 10. The van der Waals surface area contributed by atoms with Gasteiger partial charge in [0.1, 0.15) is 12.4 Å². The largest absolute Gasteiger partial charge is 0.495 e. The lowest BCUT2D eigenvalue weighted by atomic mass is 10.1. The minimum absolute atomic E-state index is 0.0181. The molecule has 0 aromatic heterocycles. The average Bonchev–Trinajstić information content (AvgIpc) is 2.76. The van der Waals surface area contributed by atoms with Crippen LogP contribution in [-0.2, 0) is 14.3 Å². The quantitative estimate of drug-likeness (QED) is 0.454. The Morgan fingerprint density at radius 1 is 0.839 bits per heavy atom. The first-order valence-corrected chi connectivity index (χ1v) is 9.51. The van der Waals surface area contributed by atoms with Crippen LogP contribution >= 0.6 is 0 Å². The standard InChI is InChI=1S/C23H27NO7/c1-15(25)31-11-10-22(26)24-18-12-16(8-9-19(18)27-2)6-7-17-13-20(28-3)23(30-5)21(14-17)29-4/h6-9,12-14H,10-11H2,1-5H3,(H,24,26)/b7-6-. The maximum Gasteiger partial charge on any atom is 0.302 e. The van der Waals surface area contributed by atoms with Gasteiger partial charge in [-0.25, -0.2) is 0 Å². The highest BCUT2D eigenvalue weighted by Gasteiger charge is 2.12. The summed E-state index contributed by atoms with van der Waals surface area (Å²) in [6.45, 7) is 1.31. The summed E-state index contributed by atoms with van der Waals surface area (Å²) >= 11 is 0. The Labute approximate surface area is 181 Å². The SMILES string of the molecule is COc1ccc(/C=C\c2cc(OC)c(OC)c(OC)c2)cc1NC(=O)CCOC(C)=O. The number of hydrogen-bond donors (Lipinski definition) is 1. The third kappa shape index (κ3) is 6.67. The maximum absolute atomic E-state index is 12.1. The second-order valence-electron chi connectivity index (χ2n) is 6.39. The summed E-state index contributed by atoms with van der Waals surface area (Å²) in [5.41, 5.74) is 2.20. The van der Waals surface area contributed by atoms with Crippen molar-refractivity contribution in [3.05, 3.63) is 41.5 Å². The van der Waals surface area contributed by atoms with E-state index in [0.29, 0.717) is 28.7 Å². The monoisotopic (exact) mass is 429 g/mol. The van der Waals surface area contributed by atoms with E-state index in [4.69, 9.17) is 23.7 Å². The van der Waals surface area contributed by atoms with Crippen molar-refractivity contribution in [2.24, 2.45) is 0 Å². The van der Waals surface area contributed by atoms with Crippen molar-refractivity contribution in [3.8, 4) is 23.0 Å². The fourth-order valence-corrected chi connectivity index (χ4v) is 2.82. The summed E-state index contributed by atoms with van der Waals surface area (Å²) in [5, 5.41) is 2.78. The van der Waals surface area contributed by atoms with Gasteiger partial charge >= 0.3 is 5.97 Å². The molecular weight excluding hydrogens is 402 g/mol. The summed E-state index contributed by atoms with van der Waals surface area (Å²) in [6, 6.07) is 9.08. The zero-order valence-electron chi connectivity index (χ0n) is 18.3. The summed E-state index contributed by atoms with van der Waals surface area (Å²) in [7, 11) is 6.19. The van der Waals surface area contributed by atoms with Crippen LogP contribution in [0, 0.1) is 0 Å². The molecule has 0 aliphatic rings. The van der Waals surface area contributed by atoms with E-state index in [9.17, 15) is 9.59 Å². The van der Waals surface area contributed by atoms with E-state index in [0.717, 1.165) is 11.1 Å². The number of nitrogens with one attached hydrogen (secondary N) is 1. The molecule has 2 aromatic rings. The van der Waals surface area contributed by atoms with Gasteiger partial charge in [-0.15, -0.1) is 0 Å². The lowest BCUT2D eigenvalue weighted by Gasteiger charge is -2.13. The number of anilines is 1. The van der Waals surface area contributed by atoms with Crippen LogP contribution < -0.4 is 24.3 Å². The van der Waals surface area contributed by atoms with Crippen LogP contribution in [0.1, 0.15) is 24.5 Å². The Morgan fingerprint density at radius 2 is 1.45 bits per heavy atom. The number of hydrogen-bond acceptors (Lipinski definition) is 7. The van der Waals surface area contributed by atoms with Crippen molar-refractivity contribution < 1.29 is 33.3 Å². The van der Waals surface area contributed by atoms with Gasteiger partial charge in [-0.05, 0) is 35.4 Å². The number of ether oxygens (including phenoxy) is 5. The van der Waals surface area contributed by atoms with Crippen LogP contribution in [0.2, 0.25) is 0 Å². The molecule has 0 radical (unpaired) electrons. The molecule has 2 aromatic carbocycles. The topological polar surface area (TPSA) is 92.3 Å². The minimum Gasteiger partial charge on any atom is -0.495 e. The fraction of sp³-hybridized carbons (Fsp3) is 0.304. The molecule has 0 spiro atoms. The Bertz CT molecular complexity index is 928. The van der Waals surface area contributed by atoms with Gasteiger partial charge in [-0.3, -0.25) is 9.59 Å². The average molecular weight is 429 g/mol. The predicted molar refractivity (Wildman–Crippen MR) is 118 cm³/mol. The first kappa shape index (κ1) is 23.6. The Morgan fingerprint density at radius 3 is 2.00 bits per heavy atom. The van der Waals surface area contributed by atoms with Gasteiger partial charge in [-0.2, -0.15) is 0 Å². The molecule has 0 bridgehead atoms. The van der Waals surface area contributed by atoms with Crippen LogP contribution in [0.25, 0.3) is 12.2 Å². The van der Waals surface area contributed by atoms with Gasteiger partial charge < -0.3 is 29.0 Å². The van der Waals surface area contributed by atoms with E-state index in [1.807, 2.05) is 30.4 Å². The van der Waals surface area contributed by atoms with Gasteiger partial charge in [-0.1, -0.05) is 18.2 Å². The molecule has 8 heteroatoms. The smallest absolute Gasteiger partial charge is 0.302 e. The molecule has 0 heterocycles. The lowest BCUT2D eigenvalue weighted by molar-refractivity contribution is -0.141. The zero-order valence-corrected chi connectivity index (χ0v) is 18.3. The number of amides is 1. The van der Waals surface area contributed by atoms with Crippen LogP contribution in [0.15, 0.2) is 30.3 Å². The molecule has 31 heavy (non-hydrogen) atoms. The Balaban J connectivity index is 2.22. The van der Waals surface area contributed by atoms with Crippen molar-refractivity contribution in [2.75, 3.05) is 40.4 Å². The van der Waals surface area contributed by atoms with E-state index in [1.54, 1.807) is 33.5 Å². The van der Waals surface area contributed by atoms with Gasteiger partial charge in [0.05, 0.1) is 40.5 Å². The lowest BCUT2D eigenvalue weighted by Crippen LogP contribution is -2.15. The van der Waals surface area contributed by atoms with E-state index in [1.165, 1.54) is 14.0 Å². The van der Waals surface area contributed by atoms with E-state index in [-0.39, 0.29) is 18.9 Å². The van der Waals surface area contributed by atoms with Crippen molar-refractivity contribution >= 4 is 29.7 Å². The second kappa shape index (κ2) is 11.5. The minimum atomic E-state index is -0.427. The number of methoxy groups -OCH3 is 4. The van der Waals surface area contributed by atoms with E-state index >= 15 is 0 Å². The summed E-state index contributed by atoms with van der Waals surface area (Å²) in [5.74, 6) is 1.43. The van der Waals surface area contributed by atoms with Crippen molar-refractivity contribution in [1.29, 1.82) is 0 Å². The predicted octanol–water partition coefficient (Wildman–Crippen LogP) is 3.78. The molecule has 8 nitrogen and oxygen atoms in total. The molecule has 1 N–H and O–H groups in total. The molecule has 0 fully saturated rings. The van der Waals surface area contributed by atoms with Gasteiger partial charge in [0.15, 0.2) is 11.5 Å². The molecule has 0 atom stereocenters. The normalized spacial score (nSPS) is 10.5. The molecule has 2 rings (SSSR count). The third-order valence-corrected chi connectivity index (χ3v) is 4.29. The highest BCUT2D eigenvalue weighted by atomic mass is 16.5. The summed E-state index contributed by atoms with van der Waals surface area (Å²) in [6.07, 6.45) is 3.82.